The molecule has 2 aliphatic rings. The quantitative estimate of drug-likeness (QED) is 0.662. The van der Waals surface area contributed by atoms with Crippen LogP contribution >= 0.6 is 0 Å². The minimum atomic E-state index is 0.0132. The number of rotatable bonds is 0. The third kappa shape index (κ3) is 1.42. The van der Waals surface area contributed by atoms with E-state index in [1.54, 1.807) is 0 Å². The molecule has 1 aromatic carbocycles. The summed E-state index contributed by atoms with van der Waals surface area (Å²) in [7, 11) is 2.11. The van der Waals surface area contributed by atoms with E-state index in [0.29, 0.717) is 0 Å². The van der Waals surface area contributed by atoms with Crippen LogP contribution in [0.2, 0.25) is 0 Å². The maximum atomic E-state index is 5.99. The predicted molar refractivity (Wildman–Crippen MR) is 74.8 cm³/mol. The average Bonchev–Trinajstić information content (AvgIpc) is 2.82. The lowest BCUT2D eigenvalue weighted by Crippen LogP contribution is -2.68. The van der Waals surface area contributed by atoms with Crippen LogP contribution in [0.1, 0.15) is 12.0 Å². The van der Waals surface area contributed by atoms with Gasteiger partial charge in [0.1, 0.15) is 12.4 Å². The smallest absolute Gasteiger partial charge is 0.376 e. The fraction of sp³-hybridized carbons (Fsp3) is 0.357. The molecule has 0 N–H and O–H groups in total. The van der Waals surface area contributed by atoms with Crippen molar-refractivity contribution in [2.24, 2.45) is 7.05 Å². The van der Waals surface area contributed by atoms with Gasteiger partial charge in [0.25, 0.3) is 5.82 Å². The molecule has 0 aliphatic carbocycles. The Labute approximate surface area is 113 Å². The van der Waals surface area contributed by atoms with Gasteiger partial charge in [-0.3, -0.25) is 0 Å². The molecule has 2 aliphatic heterocycles. The molecule has 96 valence electrons. The molecule has 4 rings (SSSR count). The normalized spacial score (nSPS) is 16.9. The van der Waals surface area contributed by atoms with Crippen molar-refractivity contribution in [1.29, 1.82) is 0 Å². The first kappa shape index (κ1) is 11.1. The molecule has 0 atom stereocenters. The van der Waals surface area contributed by atoms with E-state index in [2.05, 4.69) is 58.4 Å². The molecule has 0 bridgehead atoms. The number of nitrogens with zero attached hydrogens (tertiary/aromatic N) is 3. The Morgan fingerprint density at radius 1 is 1.37 bits per heavy atom. The third-order valence-corrected chi connectivity index (χ3v) is 4.13. The number of benzene rings is 1. The van der Waals surface area contributed by atoms with Gasteiger partial charge >= 0.3 is 7.19 Å². The topological polar surface area (TPSA) is 21.3 Å². The number of imidazole rings is 1. The number of hydrogen-bond donors (Lipinski definition) is 0. The lowest BCUT2D eigenvalue weighted by Gasteiger charge is -2.35. The van der Waals surface area contributed by atoms with Crippen LogP contribution in [0.3, 0.4) is 0 Å². The van der Waals surface area contributed by atoms with Gasteiger partial charge in [-0.05, 0) is 25.0 Å². The molecule has 0 radical (unpaired) electrons. The second-order valence-corrected chi connectivity index (χ2v) is 5.35. The number of aryl methyl sites for hydroxylation is 2. The number of aromatic nitrogens is 2. The van der Waals surface area contributed by atoms with Crippen LogP contribution in [0.15, 0.2) is 30.6 Å². The molecule has 0 spiro atoms. The van der Waals surface area contributed by atoms with Gasteiger partial charge in [0.05, 0.1) is 12.6 Å². The Morgan fingerprint density at radius 2 is 2.26 bits per heavy atom. The van der Waals surface area contributed by atoms with Crippen molar-refractivity contribution in [1.82, 2.24) is 4.57 Å². The third-order valence-electron chi connectivity index (χ3n) is 4.13. The Balaban J connectivity index is 2.03. The molecule has 4 nitrogen and oxygen atoms in total. The van der Waals surface area contributed by atoms with Gasteiger partial charge in [-0.2, -0.15) is 0 Å². The lowest BCUT2D eigenvalue weighted by molar-refractivity contribution is -0.540. The van der Waals surface area contributed by atoms with Crippen LogP contribution in [-0.2, 0) is 11.7 Å². The molecular formula is C14H17BN3O+. The highest BCUT2D eigenvalue weighted by molar-refractivity contribution is 6.49. The molecule has 5 heteroatoms. The highest BCUT2D eigenvalue weighted by atomic mass is 16.5. The molecule has 1 saturated heterocycles. The first-order valence-corrected chi connectivity index (χ1v) is 6.82. The molecule has 0 unspecified atom stereocenters. The van der Waals surface area contributed by atoms with E-state index < -0.39 is 0 Å². The van der Waals surface area contributed by atoms with E-state index in [9.17, 15) is 0 Å². The van der Waals surface area contributed by atoms with Gasteiger partial charge in [-0.15, -0.1) is 0 Å². The Bertz CT molecular complexity index is 652. The number of hydrogen-bond acceptors (Lipinski definition) is 2. The van der Waals surface area contributed by atoms with Gasteiger partial charge in [0, 0.05) is 18.8 Å². The molecule has 0 amide bonds. The predicted octanol–water partition coefficient (Wildman–Crippen LogP) is 1.36. The maximum Gasteiger partial charge on any atom is 0.679 e. The summed E-state index contributed by atoms with van der Waals surface area (Å²) < 4.78 is 10.4. The summed E-state index contributed by atoms with van der Waals surface area (Å²) in [6.07, 6.45) is 5.31. The molecular weight excluding hydrogens is 237 g/mol. The second kappa shape index (κ2) is 3.87. The molecule has 1 fully saturated rings. The van der Waals surface area contributed by atoms with E-state index >= 15 is 0 Å². The fourth-order valence-electron chi connectivity index (χ4n) is 3.26. The maximum absolute atomic E-state index is 5.99. The zero-order valence-corrected chi connectivity index (χ0v) is 11.3. The van der Waals surface area contributed by atoms with Crippen molar-refractivity contribution >= 4 is 12.9 Å². The zero-order chi connectivity index (χ0) is 13.0. The standard InChI is InChI=1S/C14H17BN3O/c1-11-5-3-6-12-13(11)14-16(2)8-9-18(14)15-17(12)7-4-10-19-15/h3,5-6,8-9H,4,7,10H2,1-2H3/q+1. The van der Waals surface area contributed by atoms with Crippen molar-refractivity contribution < 1.29 is 9.13 Å². The Kier molecular flexibility index (Phi) is 2.26. The summed E-state index contributed by atoms with van der Waals surface area (Å²) in [5.41, 5.74) is 3.94. The fourth-order valence-corrected chi connectivity index (χ4v) is 3.26. The van der Waals surface area contributed by atoms with E-state index in [1.807, 2.05) is 0 Å². The van der Waals surface area contributed by atoms with Gasteiger partial charge in [0.15, 0.2) is 0 Å². The summed E-state index contributed by atoms with van der Waals surface area (Å²) in [6.45, 7) is 4.08. The molecule has 3 heterocycles. The van der Waals surface area contributed by atoms with Crippen molar-refractivity contribution in [3.05, 3.63) is 36.2 Å². The van der Waals surface area contributed by atoms with E-state index in [0.717, 1.165) is 19.6 Å². The summed E-state index contributed by atoms with van der Waals surface area (Å²) in [4.78, 5) is 2.37. The minimum Gasteiger partial charge on any atom is -0.376 e. The molecule has 2 aromatic rings. The number of anilines is 1. The van der Waals surface area contributed by atoms with Crippen LogP contribution in [-0.4, -0.2) is 24.9 Å². The van der Waals surface area contributed by atoms with E-state index in [-0.39, 0.29) is 7.19 Å². The van der Waals surface area contributed by atoms with Crippen LogP contribution in [0.5, 0.6) is 0 Å². The number of fused-ring (bicyclic) bond motifs is 6. The average molecular weight is 254 g/mol. The second-order valence-electron chi connectivity index (χ2n) is 5.35. The highest BCUT2D eigenvalue weighted by Gasteiger charge is 2.47. The van der Waals surface area contributed by atoms with Gasteiger partial charge in [-0.25, -0.2) is 9.05 Å². The van der Waals surface area contributed by atoms with Gasteiger partial charge in [0.2, 0.25) is 0 Å². The first-order chi connectivity index (χ1) is 9.27. The summed E-state index contributed by atoms with van der Waals surface area (Å²) in [5.74, 6) is 1.23. The van der Waals surface area contributed by atoms with Gasteiger partial charge < -0.3 is 9.47 Å². The SMILES string of the molecule is Cc1cccc2c1-c1n(C)cc[n+]1B1OCCCN12. The van der Waals surface area contributed by atoms with E-state index in [1.165, 1.54) is 22.6 Å². The van der Waals surface area contributed by atoms with Crippen LogP contribution in [0, 0.1) is 6.92 Å². The molecule has 1 aromatic heterocycles. The van der Waals surface area contributed by atoms with Crippen molar-refractivity contribution in [2.75, 3.05) is 18.0 Å². The van der Waals surface area contributed by atoms with Crippen LogP contribution in [0.25, 0.3) is 11.4 Å². The Hall–Kier alpha value is -1.75. The molecule has 19 heavy (non-hydrogen) atoms. The van der Waals surface area contributed by atoms with Crippen molar-refractivity contribution in [3.63, 3.8) is 0 Å². The molecule has 0 saturated carbocycles. The largest absolute Gasteiger partial charge is 0.679 e. The summed E-state index contributed by atoms with van der Waals surface area (Å²) >= 11 is 0. The van der Waals surface area contributed by atoms with Crippen molar-refractivity contribution in [2.45, 2.75) is 13.3 Å². The Morgan fingerprint density at radius 3 is 3.16 bits per heavy atom. The van der Waals surface area contributed by atoms with E-state index in [4.69, 9.17) is 4.65 Å². The van der Waals surface area contributed by atoms with Crippen LogP contribution < -0.4 is 9.29 Å². The van der Waals surface area contributed by atoms with Gasteiger partial charge in [-0.1, -0.05) is 12.1 Å². The summed E-state index contributed by atoms with van der Waals surface area (Å²) in [6, 6.07) is 6.53. The summed E-state index contributed by atoms with van der Waals surface area (Å²) in [5, 5.41) is 0. The lowest BCUT2D eigenvalue weighted by atomic mass is 9.85. The first-order valence-electron chi connectivity index (χ1n) is 6.82. The van der Waals surface area contributed by atoms with Crippen molar-refractivity contribution in [3.8, 4) is 11.4 Å². The zero-order valence-electron chi connectivity index (χ0n) is 11.3. The monoisotopic (exact) mass is 254 g/mol. The minimum absolute atomic E-state index is 0.0132. The highest BCUT2D eigenvalue weighted by Crippen LogP contribution is 2.36. The van der Waals surface area contributed by atoms with Crippen LogP contribution in [0.4, 0.5) is 5.69 Å².